The Balaban J connectivity index is 1.89. The quantitative estimate of drug-likeness (QED) is 0.845. The summed E-state index contributed by atoms with van der Waals surface area (Å²) in [5, 5.41) is 7.71. The summed E-state index contributed by atoms with van der Waals surface area (Å²) in [6.07, 6.45) is 7.75. The Morgan fingerprint density at radius 1 is 1.35 bits per heavy atom. The van der Waals surface area contributed by atoms with Crippen molar-refractivity contribution < 1.29 is 4.79 Å². The minimum absolute atomic E-state index is 0.0376. The second-order valence-electron chi connectivity index (χ2n) is 6.19. The van der Waals surface area contributed by atoms with E-state index in [0.717, 1.165) is 43.7 Å². The van der Waals surface area contributed by atoms with E-state index in [-0.39, 0.29) is 11.4 Å². The summed E-state index contributed by atoms with van der Waals surface area (Å²) in [7, 11) is 1.89. The first-order valence-electron chi connectivity index (χ1n) is 7.65. The summed E-state index contributed by atoms with van der Waals surface area (Å²) in [6.45, 7) is 4.62. The highest BCUT2D eigenvalue weighted by Crippen LogP contribution is 2.35. The van der Waals surface area contributed by atoms with E-state index in [4.69, 9.17) is 0 Å². The monoisotopic (exact) mass is 276 g/mol. The maximum absolute atomic E-state index is 13.0. The van der Waals surface area contributed by atoms with Gasteiger partial charge >= 0.3 is 0 Å². The molecule has 2 aliphatic rings. The first kappa shape index (κ1) is 13.6. The Bertz CT molecular complexity index is 494. The fraction of sp³-hybridized carbons (Fsp3) is 0.733. The maximum atomic E-state index is 13.0. The predicted molar refractivity (Wildman–Crippen MR) is 77.7 cm³/mol. The zero-order chi connectivity index (χ0) is 14.2. The van der Waals surface area contributed by atoms with Crippen molar-refractivity contribution in [1.82, 2.24) is 20.0 Å². The van der Waals surface area contributed by atoms with Crippen LogP contribution >= 0.6 is 0 Å². The van der Waals surface area contributed by atoms with Crippen molar-refractivity contribution in [3.63, 3.8) is 0 Å². The van der Waals surface area contributed by atoms with E-state index in [9.17, 15) is 4.79 Å². The number of aryl methyl sites for hydroxylation is 1. The summed E-state index contributed by atoms with van der Waals surface area (Å²) in [6, 6.07) is 0. The third-order valence-electron chi connectivity index (χ3n) is 5.03. The van der Waals surface area contributed by atoms with E-state index in [2.05, 4.69) is 15.3 Å². The van der Waals surface area contributed by atoms with Crippen LogP contribution in [0.1, 0.15) is 48.2 Å². The summed E-state index contributed by atoms with van der Waals surface area (Å²) in [4.78, 5) is 15.1. The van der Waals surface area contributed by atoms with Gasteiger partial charge in [-0.25, -0.2) is 0 Å². The molecule has 0 unspecified atom stereocenters. The van der Waals surface area contributed by atoms with Gasteiger partial charge in [-0.15, -0.1) is 0 Å². The number of amides is 1. The maximum Gasteiger partial charge on any atom is 0.257 e. The summed E-state index contributed by atoms with van der Waals surface area (Å²) in [5.74, 6) is 0.166. The second-order valence-corrected chi connectivity index (χ2v) is 6.19. The van der Waals surface area contributed by atoms with E-state index in [1.54, 1.807) is 10.9 Å². The molecule has 0 radical (unpaired) electrons. The lowest BCUT2D eigenvalue weighted by molar-refractivity contribution is 0.0222. The second kappa shape index (κ2) is 5.20. The largest absolute Gasteiger partial charge is 0.330 e. The fourth-order valence-corrected chi connectivity index (χ4v) is 3.67. The van der Waals surface area contributed by atoms with Crippen molar-refractivity contribution in [3.05, 3.63) is 17.5 Å². The number of carbonyl (C=O) groups is 1. The molecular formula is C15H24N4O. The van der Waals surface area contributed by atoms with Gasteiger partial charge in [0.25, 0.3) is 5.91 Å². The van der Waals surface area contributed by atoms with E-state index in [1.807, 2.05) is 14.0 Å². The van der Waals surface area contributed by atoms with Gasteiger partial charge in [0.2, 0.25) is 0 Å². The molecule has 2 fully saturated rings. The molecule has 5 heteroatoms. The van der Waals surface area contributed by atoms with Gasteiger partial charge in [-0.05, 0) is 19.8 Å². The van der Waals surface area contributed by atoms with Crippen LogP contribution in [0.4, 0.5) is 0 Å². The molecule has 110 valence electrons. The van der Waals surface area contributed by atoms with E-state index in [1.165, 1.54) is 19.3 Å². The molecule has 1 spiro atoms. The van der Waals surface area contributed by atoms with Crippen LogP contribution in [0.2, 0.25) is 0 Å². The van der Waals surface area contributed by atoms with E-state index >= 15 is 0 Å². The van der Waals surface area contributed by atoms with E-state index in [0.29, 0.717) is 0 Å². The molecule has 3 rings (SSSR count). The Morgan fingerprint density at radius 3 is 2.75 bits per heavy atom. The zero-order valence-electron chi connectivity index (χ0n) is 12.5. The molecule has 1 saturated heterocycles. The standard InChI is InChI=1S/C15H24N4O/c1-12-13(10-17-18(12)2)14(20)19-9-8-16-11-15(19)6-4-3-5-7-15/h10,16H,3-9,11H2,1-2H3. The lowest BCUT2D eigenvalue weighted by Crippen LogP contribution is -2.63. The van der Waals surface area contributed by atoms with Crippen LogP contribution in [-0.2, 0) is 7.05 Å². The molecule has 1 aromatic heterocycles. The zero-order valence-corrected chi connectivity index (χ0v) is 12.5. The van der Waals surface area contributed by atoms with Gasteiger partial charge < -0.3 is 10.2 Å². The first-order chi connectivity index (χ1) is 9.64. The number of nitrogens with one attached hydrogen (secondary N) is 1. The van der Waals surface area contributed by atoms with Crippen LogP contribution in [0.5, 0.6) is 0 Å². The summed E-state index contributed by atoms with van der Waals surface area (Å²) < 4.78 is 1.78. The number of hydrogen-bond donors (Lipinski definition) is 1. The Kier molecular flexibility index (Phi) is 3.54. The number of carbonyl (C=O) groups excluding carboxylic acids is 1. The van der Waals surface area contributed by atoms with Gasteiger partial charge in [0.15, 0.2) is 0 Å². The highest BCUT2D eigenvalue weighted by Gasteiger charge is 2.42. The molecule has 1 N–H and O–H groups in total. The van der Waals surface area contributed by atoms with Crippen molar-refractivity contribution in [2.24, 2.45) is 7.05 Å². The Hall–Kier alpha value is -1.36. The van der Waals surface area contributed by atoms with Crippen LogP contribution in [0.3, 0.4) is 0 Å². The number of rotatable bonds is 1. The number of aromatic nitrogens is 2. The smallest absolute Gasteiger partial charge is 0.257 e. The van der Waals surface area contributed by atoms with Crippen molar-refractivity contribution in [3.8, 4) is 0 Å². The molecule has 1 aliphatic carbocycles. The Labute approximate surface area is 120 Å². The lowest BCUT2D eigenvalue weighted by atomic mass is 9.78. The molecule has 0 aromatic carbocycles. The number of nitrogens with zero attached hydrogens (tertiary/aromatic N) is 3. The molecule has 20 heavy (non-hydrogen) atoms. The highest BCUT2D eigenvalue weighted by molar-refractivity contribution is 5.95. The molecular weight excluding hydrogens is 252 g/mol. The van der Waals surface area contributed by atoms with Gasteiger partial charge in [0.05, 0.1) is 17.3 Å². The topological polar surface area (TPSA) is 50.2 Å². The van der Waals surface area contributed by atoms with Crippen molar-refractivity contribution in [2.75, 3.05) is 19.6 Å². The van der Waals surface area contributed by atoms with Gasteiger partial charge in [-0.2, -0.15) is 5.10 Å². The van der Waals surface area contributed by atoms with Crippen LogP contribution in [0.25, 0.3) is 0 Å². The molecule has 1 saturated carbocycles. The minimum atomic E-state index is 0.0376. The van der Waals surface area contributed by atoms with Gasteiger partial charge in [0.1, 0.15) is 0 Å². The van der Waals surface area contributed by atoms with Crippen molar-refractivity contribution in [2.45, 2.75) is 44.6 Å². The molecule has 1 amide bonds. The number of piperazine rings is 1. The van der Waals surface area contributed by atoms with Crippen LogP contribution in [0.15, 0.2) is 6.20 Å². The van der Waals surface area contributed by atoms with Crippen molar-refractivity contribution >= 4 is 5.91 Å². The fourth-order valence-electron chi connectivity index (χ4n) is 3.67. The number of hydrogen-bond acceptors (Lipinski definition) is 3. The third-order valence-corrected chi connectivity index (χ3v) is 5.03. The van der Waals surface area contributed by atoms with Crippen LogP contribution in [-0.4, -0.2) is 45.8 Å². The SMILES string of the molecule is Cc1c(C(=O)N2CCNCC23CCCCC3)cnn1C. The molecule has 1 aromatic rings. The van der Waals surface area contributed by atoms with Crippen LogP contribution in [0, 0.1) is 6.92 Å². The Morgan fingerprint density at radius 2 is 2.10 bits per heavy atom. The predicted octanol–water partition coefficient (Wildman–Crippen LogP) is 1.48. The molecule has 0 bridgehead atoms. The minimum Gasteiger partial charge on any atom is -0.330 e. The molecule has 2 heterocycles. The average molecular weight is 276 g/mol. The average Bonchev–Trinajstić information content (AvgIpc) is 2.80. The van der Waals surface area contributed by atoms with Gasteiger partial charge in [-0.3, -0.25) is 9.48 Å². The van der Waals surface area contributed by atoms with Gasteiger partial charge in [0, 0.05) is 32.4 Å². The molecule has 1 aliphatic heterocycles. The normalized spacial score (nSPS) is 22.2. The summed E-state index contributed by atoms with van der Waals surface area (Å²) in [5.41, 5.74) is 1.76. The molecule has 5 nitrogen and oxygen atoms in total. The third kappa shape index (κ3) is 2.14. The van der Waals surface area contributed by atoms with Crippen LogP contribution < -0.4 is 5.32 Å². The summed E-state index contributed by atoms with van der Waals surface area (Å²) >= 11 is 0. The van der Waals surface area contributed by atoms with Crippen molar-refractivity contribution in [1.29, 1.82) is 0 Å². The van der Waals surface area contributed by atoms with Gasteiger partial charge in [-0.1, -0.05) is 19.3 Å². The molecule has 0 atom stereocenters. The first-order valence-corrected chi connectivity index (χ1v) is 7.65. The lowest BCUT2D eigenvalue weighted by Gasteiger charge is -2.49. The highest BCUT2D eigenvalue weighted by atomic mass is 16.2. The van der Waals surface area contributed by atoms with E-state index < -0.39 is 0 Å².